The van der Waals surface area contributed by atoms with Crippen molar-refractivity contribution >= 4 is 17.6 Å². The fourth-order valence-corrected chi connectivity index (χ4v) is 1.69. The molecule has 0 aromatic carbocycles. The van der Waals surface area contributed by atoms with E-state index in [1.54, 1.807) is 37.5 Å². The normalized spacial score (nSPS) is 10.1. The molecule has 0 N–H and O–H groups in total. The quantitative estimate of drug-likeness (QED) is 0.630. The fourth-order valence-electron chi connectivity index (χ4n) is 1.55. The van der Waals surface area contributed by atoms with Crippen LogP contribution in [0.2, 0.25) is 5.15 Å². The number of aromatic nitrogens is 2. The first-order chi connectivity index (χ1) is 8.72. The molecule has 0 fully saturated rings. The highest BCUT2D eigenvalue weighted by atomic mass is 35.5. The summed E-state index contributed by atoms with van der Waals surface area (Å²) in [7, 11) is 0. The Balaban J connectivity index is 2.51. The number of carbonyl (C=O) groups is 1. The molecule has 18 heavy (non-hydrogen) atoms. The molecule has 2 aromatic heterocycles. The second-order valence-corrected chi connectivity index (χ2v) is 3.88. The molecule has 0 aliphatic heterocycles. The number of hydrogen-bond donors (Lipinski definition) is 0. The van der Waals surface area contributed by atoms with Gasteiger partial charge in [0.1, 0.15) is 5.15 Å². The molecule has 0 atom stereocenters. The molecule has 0 amide bonds. The first-order valence-electron chi connectivity index (χ1n) is 5.46. The van der Waals surface area contributed by atoms with Crippen LogP contribution in [0.15, 0.2) is 36.7 Å². The molecule has 2 aromatic rings. The van der Waals surface area contributed by atoms with E-state index >= 15 is 0 Å². The summed E-state index contributed by atoms with van der Waals surface area (Å²) >= 11 is 5.81. The Morgan fingerprint density at radius 3 is 2.89 bits per heavy atom. The van der Waals surface area contributed by atoms with Gasteiger partial charge in [-0.2, -0.15) is 0 Å². The lowest BCUT2D eigenvalue weighted by Gasteiger charge is -2.08. The van der Waals surface area contributed by atoms with Gasteiger partial charge in [0, 0.05) is 23.5 Å². The highest BCUT2D eigenvalue weighted by molar-refractivity contribution is 6.29. The molecule has 0 bridgehead atoms. The van der Waals surface area contributed by atoms with Crippen molar-refractivity contribution in [2.24, 2.45) is 0 Å². The average Bonchev–Trinajstić information content (AvgIpc) is 2.40. The van der Waals surface area contributed by atoms with Crippen molar-refractivity contribution in [2.75, 3.05) is 6.61 Å². The largest absolute Gasteiger partial charge is 0.461 e. The molecule has 0 saturated carbocycles. The minimum absolute atomic E-state index is 0.206. The zero-order chi connectivity index (χ0) is 13.0. The van der Waals surface area contributed by atoms with Crippen molar-refractivity contribution in [1.29, 1.82) is 0 Å². The summed E-state index contributed by atoms with van der Waals surface area (Å²) in [5, 5.41) is 0.255. The zero-order valence-corrected chi connectivity index (χ0v) is 10.5. The molecule has 2 rings (SSSR count). The summed E-state index contributed by atoms with van der Waals surface area (Å²) in [6, 6.07) is 7.00. The first-order valence-corrected chi connectivity index (χ1v) is 5.84. The molecular weight excluding hydrogens is 252 g/mol. The molecule has 0 aliphatic carbocycles. The number of ether oxygens (including phenoxy) is 1. The van der Waals surface area contributed by atoms with Crippen molar-refractivity contribution in [3.8, 4) is 11.1 Å². The summed E-state index contributed by atoms with van der Waals surface area (Å²) in [5.41, 5.74) is 1.66. The molecule has 0 unspecified atom stereocenters. The van der Waals surface area contributed by atoms with Crippen molar-refractivity contribution < 1.29 is 9.53 Å². The maximum absolute atomic E-state index is 11.8. The van der Waals surface area contributed by atoms with Crippen LogP contribution in [0.1, 0.15) is 17.4 Å². The molecule has 4 nitrogen and oxygen atoms in total. The van der Waals surface area contributed by atoms with Gasteiger partial charge in [0.25, 0.3) is 0 Å². The van der Waals surface area contributed by atoms with Crippen molar-refractivity contribution in [3.63, 3.8) is 0 Å². The van der Waals surface area contributed by atoms with Crippen molar-refractivity contribution in [3.05, 3.63) is 47.5 Å². The number of halogens is 1. The predicted molar refractivity (Wildman–Crippen MR) is 68.4 cm³/mol. The summed E-state index contributed by atoms with van der Waals surface area (Å²) in [4.78, 5) is 19.9. The van der Waals surface area contributed by atoms with Gasteiger partial charge in [0.05, 0.1) is 6.61 Å². The molecular formula is C13H11ClN2O2. The average molecular weight is 263 g/mol. The second-order valence-electron chi connectivity index (χ2n) is 3.49. The molecule has 5 heteroatoms. The second kappa shape index (κ2) is 5.60. The Labute approximate surface area is 110 Å². The molecule has 0 aliphatic rings. The van der Waals surface area contributed by atoms with Gasteiger partial charge in [-0.3, -0.25) is 4.98 Å². The molecule has 92 valence electrons. The highest BCUT2D eigenvalue weighted by Crippen LogP contribution is 2.23. The van der Waals surface area contributed by atoms with E-state index < -0.39 is 5.97 Å². The summed E-state index contributed by atoms with van der Waals surface area (Å²) in [6.07, 6.45) is 3.32. The van der Waals surface area contributed by atoms with Gasteiger partial charge in [0.15, 0.2) is 5.69 Å². The molecule has 0 spiro atoms. The molecule has 0 radical (unpaired) electrons. The van der Waals surface area contributed by atoms with Gasteiger partial charge in [0.2, 0.25) is 0 Å². The zero-order valence-electron chi connectivity index (χ0n) is 9.76. The highest BCUT2D eigenvalue weighted by Gasteiger charge is 2.16. The fraction of sp³-hybridized carbons (Fsp3) is 0.154. The standard InChI is InChI=1S/C13H11ClN2O2/c1-2-18-13(17)12-10(5-6-11(14)16-12)9-4-3-7-15-8-9/h3-8H,2H2,1H3. The van der Waals surface area contributed by atoms with E-state index in [4.69, 9.17) is 16.3 Å². The maximum Gasteiger partial charge on any atom is 0.357 e. The van der Waals surface area contributed by atoms with Gasteiger partial charge in [-0.1, -0.05) is 17.7 Å². The molecule has 0 saturated heterocycles. The number of hydrogen-bond acceptors (Lipinski definition) is 4. The first kappa shape index (κ1) is 12.5. The van der Waals surface area contributed by atoms with E-state index in [9.17, 15) is 4.79 Å². The Morgan fingerprint density at radius 1 is 1.39 bits per heavy atom. The Morgan fingerprint density at radius 2 is 2.22 bits per heavy atom. The third-order valence-corrected chi connectivity index (χ3v) is 2.51. The van der Waals surface area contributed by atoms with Crippen LogP contribution in [-0.4, -0.2) is 22.5 Å². The summed E-state index contributed by atoms with van der Waals surface area (Å²) < 4.78 is 4.96. The Kier molecular flexibility index (Phi) is 3.89. The topological polar surface area (TPSA) is 52.1 Å². The number of rotatable bonds is 3. The van der Waals surface area contributed by atoms with Gasteiger partial charge < -0.3 is 4.74 Å². The number of carbonyl (C=O) groups excluding carboxylic acids is 1. The van der Waals surface area contributed by atoms with Crippen LogP contribution in [0.3, 0.4) is 0 Å². The van der Waals surface area contributed by atoms with Crippen LogP contribution in [-0.2, 0) is 4.74 Å². The van der Waals surface area contributed by atoms with Gasteiger partial charge in [-0.15, -0.1) is 0 Å². The predicted octanol–water partition coefficient (Wildman–Crippen LogP) is 2.97. The van der Waals surface area contributed by atoms with E-state index in [2.05, 4.69) is 9.97 Å². The van der Waals surface area contributed by atoms with Crippen molar-refractivity contribution in [1.82, 2.24) is 9.97 Å². The number of esters is 1. The van der Waals surface area contributed by atoms with Crippen LogP contribution >= 0.6 is 11.6 Å². The molecule has 2 heterocycles. The van der Waals surface area contributed by atoms with Crippen LogP contribution in [0.5, 0.6) is 0 Å². The lowest BCUT2D eigenvalue weighted by molar-refractivity contribution is 0.0520. The number of nitrogens with zero attached hydrogens (tertiary/aromatic N) is 2. The SMILES string of the molecule is CCOC(=O)c1nc(Cl)ccc1-c1cccnc1. The maximum atomic E-state index is 11.8. The van der Waals surface area contributed by atoms with E-state index in [1.165, 1.54) is 0 Å². The minimum atomic E-state index is -0.487. The van der Waals surface area contributed by atoms with Crippen LogP contribution in [0.4, 0.5) is 0 Å². The lowest BCUT2D eigenvalue weighted by atomic mass is 10.1. The third kappa shape index (κ3) is 2.65. The van der Waals surface area contributed by atoms with E-state index in [0.717, 1.165) is 5.56 Å². The minimum Gasteiger partial charge on any atom is -0.461 e. The Hall–Kier alpha value is -1.94. The third-order valence-electron chi connectivity index (χ3n) is 2.30. The summed E-state index contributed by atoms with van der Waals surface area (Å²) in [5.74, 6) is -0.487. The van der Waals surface area contributed by atoms with E-state index in [1.807, 2.05) is 6.07 Å². The smallest absolute Gasteiger partial charge is 0.357 e. The Bertz CT molecular complexity index is 558. The van der Waals surface area contributed by atoms with Crippen molar-refractivity contribution in [2.45, 2.75) is 6.92 Å². The van der Waals surface area contributed by atoms with Gasteiger partial charge in [-0.25, -0.2) is 9.78 Å². The monoisotopic (exact) mass is 262 g/mol. The summed E-state index contributed by atoms with van der Waals surface area (Å²) in [6.45, 7) is 2.03. The lowest BCUT2D eigenvalue weighted by Crippen LogP contribution is -2.09. The number of pyridine rings is 2. The van der Waals surface area contributed by atoms with Crippen LogP contribution < -0.4 is 0 Å². The van der Waals surface area contributed by atoms with Crippen LogP contribution in [0.25, 0.3) is 11.1 Å². The van der Waals surface area contributed by atoms with E-state index in [0.29, 0.717) is 12.2 Å². The van der Waals surface area contributed by atoms with Gasteiger partial charge >= 0.3 is 5.97 Å². The van der Waals surface area contributed by atoms with Crippen LogP contribution in [0, 0.1) is 0 Å². The van der Waals surface area contributed by atoms with Gasteiger partial charge in [-0.05, 0) is 25.1 Å². The van der Waals surface area contributed by atoms with E-state index in [-0.39, 0.29) is 10.8 Å².